The van der Waals surface area contributed by atoms with Gasteiger partial charge < -0.3 is 0 Å². The van der Waals surface area contributed by atoms with Crippen molar-refractivity contribution >= 4 is 23.7 Å². The Hall–Kier alpha value is -1.10. The summed E-state index contributed by atoms with van der Waals surface area (Å²) in [5.74, 6) is 0. The van der Waals surface area contributed by atoms with Crippen molar-refractivity contribution in [2.45, 2.75) is 12.3 Å². The van der Waals surface area contributed by atoms with Crippen LogP contribution in [0.3, 0.4) is 0 Å². The number of hydrogen-bond acceptors (Lipinski definition) is 4. The second-order valence-corrected chi connectivity index (χ2v) is 3.27. The molecule has 12 heavy (non-hydrogen) atoms. The van der Waals surface area contributed by atoms with Crippen LogP contribution in [0.25, 0.3) is 11.0 Å². The van der Waals surface area contributed by atoms with Crippen molar-refractivity contribution in [1.29, 1.82) is 0 Å². The quantitative estimate of drug-likeness (QED) is 0.672. The second kappa shape index (κ2) is 2.75. The first-order valence-corrected chi connectivity index (χ1v) is 4.12. The summed E-state index contributed by atoms with van der Waals surface area (Å²) in [6.07, 6.45) is 4.99. The highest BCUT2D eigenvalue weighted by Crippen LogP contribution is 2.15. The third kappa shape index (κ3) is 1.06. The molecule has 0 bridgehead atoms. The van der Waals surface area contributed by atoms with Crippen molar-refractivity contribution in [3.63, 3.8) is 0 Å². The van der Waals surface area contributed by atoms with Crippen molar-refractivity contribution in [2.75, 3.05) is 0 Å². The molecule has 2 aromatic heterocycles. The predicted octanol–water partition coefficient (Wildman–Crippen LogP) is 1.27. The average molecular weight is 180 g/mol. The van der Waals surface area contributed by atoms with E-state index in [-0.39, 0.29) is 5.37 Å². The highest BCUT2D eigenvalue weighted by Gasteiger charge is 2.05. The molecule has 2 rings (SSSR count). The van der Waals surface area contributed by atoms with Gasteiger partial charge in [0.15, 0.2) is 5.65 Å². The zero-order valence-electron chi connectivity index (χ0n) is 6.55. The predicted molar refractivity (Wildman–Crippen MR) is 49.0 cm³/mol. The van der Waals surface area contributed by atoms with Crippen LogP contribution < -0.4 is 0 Å². The van der Waals surface area contributed by atoms with Crippen LogP contribution in [0.2, 0.25) is 0 Å². The number of fused-ring (bicyclic) bond motifs is 1. The Morgan fingerprint density at radius 1 is 1.50 bits per heavy atom. The van der Waals surface area contributed by atoms with Gasteiger partial charge in [-0.1, -0.05) is 0 Å². The van der Waals surface area contributed by atoms with E-state index in [1.165, 1.54) is 6.33 Å². The van der Waals surface area contributed by atoms with Gasteiger partial charge in [-0.3, -0.25) is 0 Å². The van der Waals surface area contributed by atoms with E-state index in [9.17, 15) is 0 Å². The molecule has 4 nitrogen and oxygen atoms in total. The molecule has 0 radical (unpaired) electrons. The molecule has 0 fully saturated rings. The molecular formula is C7H8N4S. The van der Waals surface area contributed by atoms with Crippen LogP contribution in [0, 0.1) is 0 Å². The number of rotatable bonds is 1. The van der Waals surface area contributed by atoms with E-state index >= 15 is 0 Å². The second-order valence-electron chi connectivity index (χ2n) is 2.52. The van der Waals surface area contributed by atoms with E-state index in [0.29, 0.717) is 0 Å². The minimum atomic E-state index is 0.0393. The summed E-state index contributed by atoms with van der Waals surface area (Å²) in [5.41, 5.74) is 0.826. The molecule has 0 aliphatic carbocycles. The number of hydrogen-bond donors (Lipinski definition) is 1. The van der Waals surface area contributed by atoms with Gasteiger partial charge in [-0.2, -0.15) is 17.7 Å². The molecule has 0 saturated heterocycles. The molecule has 5 heteroatoms. The standard InChI is InChI=1S/C7H8N4S/c1-5(12)11-7-6(3-10-11)2-8-4-9-7/h2-5,12H,1H3. The van der Waals surface area contributed by atoms with Gasteiger partial charge >= 0.3 is 0 Å². The first kappa shape index (κ1) is 7.54. The minimum absolute atomic E-state index is 0.0393. The normalized spacial score (nSPS) is 13.5. The van der Waals surface area contributed by atoms with Crippen LogP contribution in [0.15, 0.2) is 18.7 Å². The maximum atomic E-state index is 4.27. The van der Waals surface area contributed by atoms with Crippen molar-refractivity contribution in [3.05, 3.63) is 18.7 Å². The molecule has 2 aromatic rings. The summed E-state index contributed by atoms with van der Waals surface area (Å²) in [6, 6.07) is 0. The molecule has 1 unspecified atom stereocenters. The molecule has 0 amide bonds. The zero-order valence-corrected chi connectivity index (χ0v) is 7.44. The molecule has 0 aliphatic rings. The fraction of sp³-hybridized carbons (Fsp3) is 0.286. The van der Waals surface area contributed by atoms with Crippen molar-refractivity contribution < 1.29 is 0 Å². The fourth-order valence-corrected chi connectivity index (χ4v) is 1.24. The molecule has 0 spiro atoms. The molecule has 0 aromatic carbocycles. The lowest BCUT2D eigenvalue weighted by Crippen LogP contribution is -2.00. The third-order valence-electron chi connectivity index (χ3n) is 1.61. The average Bonchev–Trinajstić information content (AvgIpc) is 2.47. The van der Waals surface area contributed by atoms with Crippen LogP contribution in [0.1, 0.15) is 12.3 Å². The highest BCUT2D eigenvalue weighted by atomic mass is 32.1. The molecule has 0 aliphatic heterocycles. The summed E-state index contributed by atoms with van der Waals surface area (Å²) in [4.78, 5) is 8.00. The highest BCUT2D eigenvalue weighted by molar-refractivity contribution is 7.80. The van der Waals surface area contributed by atoms with Crippen LogP contribution in [-0.2, 0) is 0 Å². The van der Waals surface area contributed by atoms with Crippen LogP contribution in [-0.4, -0.2) is 19.7 Å². The van der Waals surface area contributed by atoms with Gasteiger partial charge in [0.1, 0.15) is 6.33 Å². The number of thiol groups is 1. The minimum Gasteiger partial charge on any atom is -0.244 e. The monoisotopic (exact) mass is 180 g/mol. The van der Waals surface area contributed by atoms with Crippen molar-refractivity contribution in [1.82, 2.24) is 19.7 Å². The maximum Gasteiger partial charge on any atom is 0.162 e. The summed E-state index contributed by atoms with van der Waals surface area (Å²) in [7, 11) is 0. The van der Waals surface area contributed by atoms with E-state index in [1.54, 1.807) is 17.1 Å². The van der Waals surface area contributed by atoms with Crippen LogP contribution in [0.5, 0.6) is 0 Å². The van der Waals surface area contributed by atoms with Gasteiger partial charge in [0.05, 0.1) is 17.0 Å². The smallest absolute Gasteiger partial charge is 0.162 e. The topological polar surface area (TPSA) is 43.6 Å². The Kier molecular flexibility index (Phi) is 1.73. The van der Waals surface area contributed by atoms with E-state index < -0.39 is 0 Å². The van der Waals surface area contributed by atoms with Gasteiger partial charge in [0.2, 0.25) is 0 Å². The Morgan fingerprint density at radius 2 is 2.33 bits per heavy atom. The Bertz CT molecular complexity index is 395. The van der Waals surface area contributed by atoms with E-state index in [0.717, 1.165) is 11.0 Å². The Labute approximate surface area is 75.0 Å². The van der Waals surface area contributed by atoms with Crippen molar-refractivity contribution in [2.24, 2.45) is 0 Å². The molecule has 0 saturated carbocycles. The first-order valence-electron chi connectivity index (χ1n) is 3.60. The zero-order chi connectivity index (χ0) is 8.55. The van der Waals surface area contributed by atoms with E-state index in [1.807, 2.05) is 6.92 Å². The molecule has 2 heterocycles. The van der Waals surface area contributed by atoms with Gasteiger partial charge in [-0.05, 0) is 6.92 Å². The van der Waals surface area contributed by atoms with Gasteiger partial charge in [-0.25, -0.2) is 14.6 Å². The Morgan fingerprint density at radius 3 is 3.08 bits per heavy atom. The fourth-order valence-electron chi connectivity index (χ4n) is 1.07. The van der Waals surface area contributed by atoms with Crippen molar-refractivity contribution in [3.8, 4) is 0 Å². The van der Waals surface area contributed by atoms with E-state index in [4.69, 9.17) is 0 Å². The maximum absolute atomic E-state index is 4.27. The molecule has 1 atom stereocenters. The van der Waals surface area contributed by atoms with E-state index in [2.05, 4.69) is 27.7 Å². The Balaban J connectivity index is 2.70. The lowest BCUT2D eigenvalue weighted by Gasteiger charge is -2.03. The number of nitrogens with zero attached hydrogens (tertiary/aromatic N) is 4. The summed E-state index contributed by atoms with van der Waals surface area (Å²) < 4.78 is 1.75. The van der Waals surface area contributed by atoms with Crippen LogP contribution in [0.4, 0.5) is 0 Å². The van der Waals surface area contributed by atoms with Gasteiger partial charge in [-0.15, -0.1) is 0 Å². The summed E-state index contributed by atoms with van der Waals surface area (Å²) >= 11 is 4.27. The lowest BCUT2D eigenvalue weighted by molar-refractivity contribution is 0.663. The van der Waals surface area contributed by atoms with Crippen LogP contribution >= 0.6 is 12.6 Å². The van der Waals surface area contributed by atoms with Gasteiger partial charge in [0, 0.05) is 6.20 Å². The SMILES string of the molecule is CC(S)n1ncc2cncnc21. The lowest BCUT2D eigenvalue weighted by atomic mass is 10.4. The first-order chi connectivity index (χ1) is 5.79. The summed E-state index contributed by atoms with van der Waals surface area (Å²) in [5, 5.41) is 5.11. The summed E-state index contributed by atoms with van der Waals surface area (Å²) in [6.45, 7) is 1.94. The third-order valence-corrected chi connectivity index (χ3v) is 1.83. The molecule has 0 N–H and O–H groups in total. The molecule has 62 valence electrons. The molecular weight excluding hydrogens is 172 g/mol. The largest absolute Gasteiger partial charge is 0.244 e. The number of aromatic nitrogens is 4. The van der Waals surface area contributed by atoms with Gasteiger partial charge in [0.25, 0.3) is 0 Å².